The van der Waals surface area contributed by atoms with Crippen LogP contribution in [0.1, 0.15) is 48.1 Å². The van der Waals surface area contributed by atoms with E-state index < -0.39 is 11.0 Å². The van der Waals surface area contributed by atoms with Gasteiger partial charge in [0.2, 0.25) is 0 Å². The van der Waals surface area contributed by atoms with Crippen LogP contribution in [-0.4, -0.2) is 45.5 Å². The van der Waals surface area contributed by atoms with Gasteiger partial charge in [-0.3, -0.25) is 24.3 Å². The van der Waals surface area contributed by atoms with Crippen molar-refractivity contribution >= 4 is 22.5 Å². The van der Waals surface area contributed by atoms with E-state index in [0.717, 1.165) is 0 Å². The number of hydrogen-bond donors (Lipinski definition) is 0. The number of carbonyl (C=O) groups is 1. The maximum atomic E-state index is 13.5. The number of nitro groups is 1. The molecule has 0 saturated heterocycles. The number of carbonyl (C=O) groups excluding carboxylic acids is 1. The molecule has 3 rings (SSSR count). The molecule has 0 fully saturated rings. The van der Waals surface area contributed by atoms with Crippen LogP contribution < -0.4 is 5.56 Å². The van der Waals surface area contributed by atoms with Gasteiger partial charge in [-0.05, 0) is 45.4 Å². The number of hydrogen-bond acceptors (Lipinski definition) is 6. The molecule has 0 saturated carbocycles. The third-order valence-electron chi connectivity index (χ3n) is 5.71. The van der Waals surface area contributed by atoms with Gasteiger partial charge in [-0.2, -0.15) is 0 Å². The lowest BCUT2D eigenvalue weighted by Gasteiger charge is -2.30. The van der Waals surface area contributed by atoms with Crippen molar-refractivity contribution in [2.75, 3.05) is 20.3 Å². The van der Waals surface area contributed by atoms with Crippen molar-refractivity contribution in [2.45, 2.75) is 39.8 Å². The second-order valence-electron chi connectivity index (χ2n) is 7.82. The van der Waals surface area contributed by atoms with E-state index >= 15 is 0 Å². The smallest absolute Gasteiger partial charge is 0.273 e. The number of ether oxygens (including phenoxy) is 1. The summed E-state index contributed by atoms with van der Waals surface area (Å²) in [6.07, 6.45) is 0.560. The number of rotatable bonds is 9. The second-order valence-corrected chi connectivity index (χ2v) is 7.82. The Labute approximate surface area is 191 Å². The Bertz CT molecular complexity index is 1240. The molecule has 1 atom stereocenters. The Morgan fingerprint density at radius 3 is 2.67 bits per heavy atom. The fourth-order valence-corrected chi connectivity index (χ4v) is 3.90. The first-order valence-corrected chi connectivity index (χ1v) is 10.8. The third kappa shape index (κ3) is 4.93. The maximum absolute atomic E-state index is 13.5. The molecule has 174 valence electrons. The number of amides is 1. The van der Waals surface area contributed by atoms with Gasteiger partial charge in [0.25, 0.3) is 17.2 Å². The Morgan fingerprint density at radius 2 is 2.00 bits per heavy atom. The molecule has 3 aromatic rings. The zero-order valence-corrected chi connectivity index (χ0v) is 19.3. The highest BCUT2D eigenvalue weighted by Crippen LogP contribution is 2.25. The molecule has 33 heavy (non-hydrogen) atoms. The number of nitro benzene ring substituents is 1. The summed E-state index contributed by atoms with van der Waals surface area (Å²) in [6.45, 7) is 6.47. The number of aromatic nitrogens is 2. The summed E-state index contributed by atoms with van der Waals surface area (Å²) in [5.41, 5.74) is 0.971. The van der Waals surface area contributed by atoms with Crippen molar-refractivity contribution < 1.29 is 14.5 Å². The molecule has 0 N–H and O–H groups in total. The van der Waals surface area contributed by atoms with Crippen LogP contribution in [0.25, 0.3) is 10.9 Å². The van der Waals surface area contributed by atoms with E-state index in [1.165, 1.54) is 6.07 Å². The summed E-state index contributed by atoms with van der Waals surface area (Å²) in [5.74, 6) is 0.0975. The zero-order chi connectivity index (χ0) is 24.1. The Hall–Kier alpha value is -3.59. The molecule has 9 heteroatoms. The van der Waals surface area contributed by atoms with E-state index in [1.54, 1.807) is 53.8 Å². The predicted octanol–water partition coefficient (Wildman–Crippen LogP) is 3.87. The number of benzene rings is 2. The molecule has 9 nitrogen and oxygen atoms in total. The highest BCUT2D eigenvalue weighted by atomic mass is 16.6. The highest BCUT2D eigenvalue weighted by molar-refractivity contribution is 5.95. The molecular formula is C24H28N4O5. The maximum Gasteiger partial charge on any atom is 0.273 e. The van der Waals surface area contributed by atoms with E-state index in [0.29, 0.717) is 48.4 Å². The molecule has 0 aliphatic heterocycles. The molecule has 1 heterocycles. The van der Waals surface area contributed by atoms with Crippen molar-refractivity contribution in [3.05, 3.63) is 79.9 Å². The fourth-order valence-electron chi connectivity index (χ4n) is 3.90. The normalized spacial score (nSPS) is 12.0. The van der Waals surface area contributed by atoms with E-state index in [1.807, 2.05) is 19.9 Å². The molecular weight excluding hydrogens is 424 g/mol. The van der Waals surface area contributed by atoms with Crippen molar-refractivity contribution in [1.82, 2.24) is 14.5 Å². The van der Waals surface area contributed by atoms with Gasteiger partial charge in [0.15, 0.2) is 0 Å². The van der Waals surface area contributed by atoms with Gasteiger partial charge in [0.1, 0.15) is 5.82 Å². The van der Waals surface area contributed by atoms with Crippen LogP contribution in [0.4, 0.5) is 5.69 Å². The summed E-state index contributed by atoms with van der Waals surface area (Å²) in [5, 5.41) is 11.9. The number of methoxy groups -OCH3 is 1. The van der Waals surface area contributed by atoms with Crippen LogP contribution in [0, 0.1) is 17.0 Å². The standard InChI is InChI=1S/C24H28N4O5/c1-5-26-22(25-20-10-7-6-9-19(20)24(26)30)17(3)27(13-8-14-33-4)23(29)18-12-11-16(2)21(15-18)28(31)32/h6-7,9-12,15,17H,5,8,13-14H2,1-4H3. The lowest BCUT2D eigenvalue weighted by atomic mass is 10.1. The number of fused-ring (bicyclic) bond motifs is 1. The minimum Gasteiger partial charge on any atom is -0.385 e. The van der Waals surface area contributed by atoms with Gasteiger partial charge in [-0.1, -0.05) is 18.2 Å². The Kier molecular flexibility index (Phi) is 7.55. The van der Waals surface area contributed by atoms with E-state index in [-0.39, 0.29) is 22.7 Å². The quantitative estimate of drug-likeness (QED) is 0.277. The largest absolute Gasteiger partial charge is 0.385 e. The molecule has 1 unspecified atom stereocenters. The molecule has 0 aliphatic rings. The first-order valence-electron chi connectivity index (χ1n) is 10.8. The van der Waals surface area contributed by atoms with Crippen LogP contribution in [-0.2, 0) is 11.3 Å². The monoisotopic (exact) mass is 452 g/mol. The van der Waals surface area contributed by atoms with E-state index in [4.69, 9.17) is 9.72 Å². The SMILES string of the molecule is CCn1c(C(C)N(CCCOC)C(=O)c2ccc(C)c([N+](=O)[O-])c2)nc2ccccc2c1=O. The number of nitrogens with zero attached hydrogens (tertiary/aromatic N) is 4. The minimum atomic E-state index is -0.549. The summed E-state index contributed by atoms with van der Waals surface area (Å²) < 4.78 is 6.72. The van der Waals surface area contributed by atoms with Crippen molar-refractivity contribution in [2.24, 2.45) is 0 Å². The lowest BCUT2D eigenvalue weighted by Crippen LogP contribution is -2.38. The first-order chi connectivity index (χ1) is 15.8. The number of aryl methyl sites for hydroxylation is 1. The summed E-state index contributed by atoms with van der Waals surface area (Å²) in [7, 11) is 1.58. The van der Waals surface area contributed by atoms with Crippen LogP contribution in [0.2, 0.25) is 0 Å². The number of para-hydroxylation sites is 1. The van der Waals surface area contributed by atoms with Gasteiger partial charge < -0.3 is 9.64 Å². The lowest BCUT2D eigenvalue weighted by molar-refractivity contribution is -0.385. The van der Waals surface area contributed by atoms with Gasteiger partial charge in [-0.25, -0.2) is 4.98 Å². The van der Waals surface area contributed by atoms with Crippen LogP contribution in [0.5, 0.6) is 0 Å². The van der Waals surface area contributed by atoms with Gasteiger partial charge >= 0.3 is 0 Å². The molecule has 0 aliphatic carbocycles. The molecule has 2 aromatic carbocycles. The second kappa shape index (κ2) is 10.4. The van der Waals surface area contributed by atoms with E-state index in [9.17, 15) is 19.7 Å². The molecule has 1 amide bonds. The molecule has 0 spiro atoms. The topological polar surface area (TPSA) is 108 Å². The first kappa shape index (κ1) is 24.1. The van der Waals surface area contributed by atoms with Gasteiger partial charge in [0.05, 0.1) is 21.9 Å². The van der Waals surface area contributed by atoms with Crippen molar-refractivity contribution in [1.29, 1.82) is 0 Å². The zero-order valence-electron chi connectivity index (χ0n) is 19.3. The average molecular weight is 453 g/mol. The van der Waals surface area contributed by atoms with Gasteiger partial charge in [-0.15, -0.1) is 0 Å². The minimum absolute atomic E-state index is 0.111. The fraction of sp³-hybridized carbons (Fsp3) is 0.375. The van der Waals surface area contributed by atoms with E-state index in [2.05, 4.69) is 0 Å². The Morgan fingerprint density at radius 1 is 1.27 bits per heavy atom. The molecule has 1 aromatic heterocycles. The van der Waals surface area contributed by atoms with Gasteiger partial charge in [0, 0.05) is 44.0 Å². The Balaban J connectivity index is 2.09. The summed E-state index contributed by atoms with van der Waals surface area (Å²) in [4.78, 5) is 43.8. The van der Waals surface area contributed by atoms with Crippen molar-refractivity contribution in [3.8, 4) is 0 Å². The average Bonchev–Trinajstić information content (AvgIpc) is 2.81. The molecule has 0 radical (unpaired) electrons. The van der Waals surface area contributed by atoms with Crippen molar-refractivity contribution in [3.63, 3.8) is 0 Å². The summed E-state index contributed by atoms with van der Waals surface area (Å²) >= 11 is 0. The predicted molar refractivity (Wildman–Crippen MR) is 125 cm³/mol. The molecule has 0 bridgehead atoms. The highest BCUT2D eigenvalue weighted by Gasteiger charge is 2.28. The third-order valence-corrected chi connectivity index (χ3v) is 5.71. The van der Waals surface area contributed by atoms with Crippen LogP contribution in [0.15, 0.2) is 47.3 Å². The summed E-state index contributed by atoms with van der Waals surface area (Å²) in [6, 6.07) is 11.0. The van der Waals surface area contributed by atoms with Crippen LogP contribution in [0.3, 0.4) is 0 Å². The van der Waals surface area contributed by atoms with Crippen LogP contribution >= 0.6 is 0 Å².